The van der Waals surface area contributed by atoms with Crippen molar-refractivity contribution in [1.29, 1.82) is 0 Å². The van der Waals surface area contributed by atoms with E-state index in [9.17, 15) is 0 Å². The van der Waals surface area contributed by atoms with Crippen molar-refractivity contribution in [2.24, 2.45) is 5.92 Å². The molecule has 0 rings (SSSR count). The van der Waals surface area contributed by atoms with Gasteiger partial charge in [-0.3, -0.25) is 4.84 Å². The average Bonchev–Trinajstić information content (AvgIpc) is 1.98. The topological polar surface area (TPSA) is 41.5 Å². The molecule has 0 saturated carbocycles. The lowest BCUT2D eigenvalue weighted by molar-refractivity contribution is 0.0505. The molecule has 0 amide bonds. The van der Waals surface area contributed by atoms with Crippen LogP contribution in [0, 0.1) is 18.3 Å². The highest BCUT2D eigenvalue weighted by Crippen LogP contribution is 1.87. The largest absolute Gasteiger partial charge is 0.396 e. The Kier molecular flexibility index (Phi) is 6.19. The van der Waals surface area contributed by atoms with Crippen molar-refractivity contribution in [3.8, 4) is 12.3 Å². The van der Waals surface area contributed by atoms with E-state index in [1.807, 2.05) is 6.92 Å². The standard InChI is InChI=1S/C7H13NO2/c1-3-4-10-8-5-7(2)6-9/h1,7-9H,4-6H2,2H3. The van der Waals surface area contributed by atoms with Gasteiger partial charge in [0.25, 0.3) is 0 Å². The maximum atomic E-state index is 8.56. The first kappa shape index (κ1) is 9.44. The molecule has 0 aliphatic heterocycles. The average molecular weight is 143 g/mol. The Bertz CT molecular complexity index is 109. The van der Waals surface area contributed by atoms with Crippen LogP contribution in [0.25, 0.3) is 0 Å². The molecule has 0 spiro atoms. The molecule has 0 saturated heterocycles. The zero-order chi connectivity index (χ0) is 7.82. The Morgan fingerprint density at radius 2 is 2.50 bits per heavy atom. The first-order valence-corrected chi connectivity index (χ1v) is 3.20. The molecular weight excluding hydrogens is 130 g/mol. The van der Waals surface area contributed by atoms with Crippen LogP contribution in [0.2, 0.25) is 0 Å². The highest BCUT2D eigenvalue weighted by molar-refractivity contribution is 4.82. The minimum absolute atomic E-state index is 0.159. The number of aliphatic hydroxyl groups excluding tert-OH is 1. The summed E-state index contributed by atoms with van der Waals surface area (Å²) >= 11 is 0. The van der Waals surface area contributed by atoms with E-state index < -0.39 is 0 Å². The zero-order valence-electron chi connectivity index (χ0n) is 6.13. The molecule has 0 aromatic rings. The van der Waals surface area contributed by atoms with Crippen LogP contribution in [0.15, 0.2) is 0 Å². The van der Waals surface area contributed by atoms with E-state index in [2.05, 4.69) is 11.4 Å². The van der Waals surface area contributed by atoms with Gasteiger partial charge in [-0.15, -0.1) is 6.42 Å². The van der Waals surface area contributed by atoms with Crippen molar-refractivity contribution in [3.63, 3.8) is 0 Å². The molecule has 0 aromatic heterocycles. The monoisotopic (exact) mass is 143 g/mol. The number of terminal acetylenes is 1. The fraction of sp³-hybridized carbons (Fsp3) is 0.714. The van der Waals surface area contributed by atoms with Gasteiger partial charge in [0.1, 0.15) is 6.61 Å². The van der Waals surface area contributed by atoms with Crippen molar-refractivity contribution < 1.29 is 9.94 Å². The molecule has 0 bridgehead atoms. The van der Waals surface area contributed by atoms with Crippen molar-refractivity contribution in [3.05, 3.63) is 0 Å². The third kappa shape index (κ3) is 5.57. The van der Waals surface area contributed by atoms with Crippen LogP contribution in [0.4, 0.5) is 0 Å². The van der Waals surface area contributed by atoms with Crippen LogP contribution in [0.3, 0.4) is 0 Å². The zero-order valence-corrected chi connectivity index (χ0v) is 6.13. The van der Waals surface area contributed by atoms with E-state index in [4.69, 9.17) is 16.4 Å². The van der Waals surface area contributed by atoms with E-state index in [0.717, 1.165) is 0 Å². The number of hydroxylamine groups is 1. The predicted octanol–water partition coefficient (Wildman–Crippen LogP) is -0.231. The molecular formula is C7H13NO2. The van der Waals surface area contributed by atoms with Gasteiger partial charge in [0.2, 0.25) is 0 Å². The van der Waals surface area contributed by atoms with Crippen molar-refractivity contribution in [2.75, 3.05) is 19.8 Å². The molecule has 1 atom stereocenters. The van der Waals surface area contributed by atoms with Crippen LogP contribution in [-0.4, -0.2) is 24.9 Å². The van der Waals surface area contributed by atoms with Crippen molar-refractivity contribution in [1.82, 2.24) is 5.48 Å². The summed E-state index contributed by atoms with van der Waals surface area (Å²) in [5, 5.41) is 8.56. The quantitative estimate of drug-likeness (QED) is 0.317. The third-order valence-corrected chi connectivity index (χ3v) is 1.00. The fourth-order valence-electron chi connectivity index (χ4n) is 0.358. The van der Waals surface area contributed by atoms with Gasteiger partial charge < -0.3 is 5.11 Å². The minimum Gasteiger partial charge on any atom is -0.396 e. The van der Waals surface area contributed by atoms with Gasteiger partial charge in [-0.25, -0.2) is 5.48 Å². The summed E-state index contributed by atoms with van der Waals surface area (Å²) < 4.78 is 0. The van der Waals surface area contributed by atoms with Crippen LogP contribution in [-0.2, 0) is 4.84 Å². The fourth-order valence-corrected chi connectivity index (χ4v) is 0.358. The molecule has 58 valence electrons. The molecule has 0 fully saturated rings. The lowest BCUT2D eigenvalue weighted by Crippen LogP contribution is -2.23. The predicted molar refractivity (Wildman–Crippen MR) is 39.0 cm³/mol. The third-order valence-electron chi connectivity index (χ3n) is 1.00. The number of hydrogen-bond acceptors (Lipinski definition) is 3. The van der Waals surface area contributed by atoms with E-state index in [-0.39, 0.29) is 19.1 Å². The van der Waals surface area contributed by atoms with Crippen LogP contribution >= 0.6 is 0 Å². The molecule has 0 heterocycles. The van der Waals surface area contributed by atoms with E-state index in [0.29, 0.717) is 6.54 Å². The van der Waals surface area contributed by atoms with Crippen molar-refractivity contribution in [2.45, 2.75) is 6.92 Å². The van der Waals surface area contributed by atoms with Crippen LogP contribution < -0.4 is 5.48 Å². The summed E-state index contributed by atoms with van der Waals surface area (Å²) in [4.78, 5) is 4.76. The van der Waals surface area contributed by atoms with E-state index >= 15 is 0 Å². The summed E-state index contributed by atoms with van der Waals surface area (Å²) in [6, 6.07) is 0. The molecule has 3 nitrogen and oxygen atoms in total. The van der Waals surface area contributed by atoms with Crippen LogP contribution in [0.5, 0.6) is 0 Å². The molecule has 0 aliphatic rings. The molecule has 1 unspecified atom stereocenters. The van der Waals surface area contributed by atoms with Gasteiger partial charge in [-0.1, -0.05) is 12.8 Å². The van der Waals surface area contributed by atoms with Gasteiger partial charge >= 0.3 is 0 Å². The Balaban J connectivity index is 2.98. The highest BCUT2D eigenvalue weighted by Gasteiger charge is 1.96. The molecule has 3 heteroatoms. The van der Waals surface area contributed by atoms with Gasteiger partial charge in [-0.2, -0.15) is 0 Å². The molecule has 10 heavy (non-hydrogen) atoms. The normalized spacial score (nSPS) is 12.5. The number of aliphatic hydroxyl groups is 1. The second kappa shape index (κ2) is 6.56. The molecule has 0 radical (unpaired) electrons. The van der Waals surface area contributed by atoms with E-state index in [1.54, 1.807) is 0 Å². The highest BCUT2D eigenvalue weighted by atomic mass is 16.6. The second-order valence-corrected chi connectivity index (χ2v) is 2.13. The SMILES string of the molecule is C#CCONCC(C)CO. The molecule has 0 aliphatic carbocycles. The Morgan fingerprint density at radius 1 is 1.80 bits per heavy atom. The smallest absolute Gasteiger partial charge is 0.128 e. The second-order valence-electron chi connectivity index (χ2n) is 2.13. The summed E-state index contributed by atoms with van der Waals surface area (Å²) in [5.74, 6) is 2.52. The maximum Gasteiger partial charge on any atom is 0.128 e. The van der Waals surface area contributed by atoms with Crippen LogP contribution in [0.1, 0.15) is 6.92 Å². The number of hydrogen-bond donors (Lipinski definition) is 2. The summed E-state index contributed by atoms with van der Waals surface area (Å²) in [7, 11) is 0. The molecule has 2 N–H and O–H groups in total. The Hall–Kier alpha value is -0.560. The van der Waals surface area contributed by atoms with E-state index in [1.165, 1.54) is 0 Å². The van der Waals surface area contributed by atoms with Gasteiger partial charge in [0.05, 0.1) is 0 Å². The van der Waals surface area contributed by atoms with Gasteiger partial charge in [0, 0.05) is 13.2 Å². The van der Waals surface area contributed by atoms with Gasteiger partial charge in [0.15, 0.2) is 0 Å². The Labute approximate surface area is 61.3 Å². The first-order chi connectivity index (χ1) is 4.81. The summed E-state index contributed by atoms with van der Waals surface area (Å²) in [6.45, 7) is 2.95. The lowest BCUT2D eigenvalue weighted by atomic mass is 10.2. The van der Waals surface area contributed by atoms with Crippen molar-refractivity contribution >= 4 is 0 Å². The maximum absolute atomic E-state index is 8.56. The van der Waals surface area contributed by atoms with Gasteiger partial charge in [-0.05, 0) is 5.92 Å². The Morgan fingerprint density at radius 3 is 3.00 bits per heavy atom. The molecule has 0 aromatic carbocycles. The summed E-state index contributed by atoms with van der Waals surface area (Å²) in [5.41, 5.74) is 2.63. The number of rotatable bonds is 5. The first-order valence-electron chi connectivity index (χ1n) is 3.20. The number of nitrogens with one attached hydrogen (secondary N) is 1. The minimum atomic E-state index is 0.159. The lowest BCUT2D eigenvalue weighted by Gasteiger charge is -2.07. The summed E-state index contributed by atoms with van der Waals surface area (Å²) in [6.07, 6.45) is 4.91.